The molecule has 0 aliphatic carbocycles. The second kappa shape index (κ2) is 3.69. The monoisotopic (exact) mass is 159 g/mol. The molecule has 3 N–H and O–H groups in total. The van der Waals surface area contributed by atoms with Gasteiger partial charge in [0.25, 0.3) is 0 Å². The molecule has 1 saturated heterocycles. The molecule has 2 atom stereocenters. The molecular formula is C7H13NO3. The van der Waals surface area contributed by atoms with Gasteiger partial charge in [0.05, 0.1) is 6.10 Å². The molecule has 0 radical (unpaired) electrons. The SMILES string of the molecule is N[C@H](C(=O)O)[C@@H]1CCCCO1. The summed E-state index contributed by atoms with van der Waals surface area (Å²) >= 11 is 0. The molecule has 11 heavy (non-hydrogen) atoms. The second-order valence-corrected chi connectivity index (χ2v) is 2.77. The largest absolute Gasteiger partial charge is 0.480 e. The number of ether oxygens (including phenoxy) is 1. The third-order valence-electron chi connectivity index (χ3n) is 1.90. The zero-order chi connectivity index (χ0) is 8.27. The molecule has 0 saturated carbocycles. The molecule has 0 bridgehead atoms. The Morgan fingerprint density at radius 2 is 2.36 bits per heavy atom. The Morgan fingerprint density at radius 1 is 1.64 bits per heavy atom. The van der Waals surface area contributed by atoms with E-state index < -0.39 is 12.0 Å². The van der Waals surface area contributed by atoms with Gasteiger partial charge in [-0.2, -0.15) is 0 Å². The first kappa shape index (κ1) is 8.49. The fourth-order valence-corrected chi connectivity index (χ4v) is 1.21. The molecule has 1 aliphatic rings. The molecule has 0 unspecified atom stereocenters. The molecule has 1 heterocycles. The average Bonchev–Trinajstić information content (AvgIpc) is 2.05. The summed E-state index contributed by atoms with van der Waals surface area (Å²) in [5.74, 6) is -0.975. The Morgan fingerprint density at radius 3 is 2.82 bits per heavy atom. The summed E-state index contributed by atoms with van der Waals surface area (Å²) in [6, 6.07) is -0.852. The van der Waals surface area contributed by atoms with Crippen LogP contribution in [0.1, 0.15) is 19.3 Å². The third-order valence-corrected chi connectivity index (χ3v) is 1.90. The van der Waals surface area contributed by atoms with Crippen LogP contribution < -0.4 is 5.73 Å². The van der Waals surface area contributed by atoms with Crippen LogP contribution in [-0.4, -0.2) is 29.8 Å². The van der Waals surface area contributed by atoms with Gasteiger partial charge in [-0.05, 0) is 19.3 Å². The van der Waals surface area contributed by atoms with Crippen molar-refractivity contribution in [3.8, 4) is 0 Å². The summed E-state index contributed by atoms with van der Waals surface area (Å²) in [6.07, 6.45) is 2.53. The number of rotatable bonds is 2. The minimum Gasteiger partial charge on any atom is -0.480 e. The maximum Gasteiger partial charge on any atom is 0.323 e. The van der Waals surface area contributed by atoms with E-state index in [1.807, 2.05) is 0 Å². The van der Waals surface area contributed by atoms with Crippen LogP contribution in [0, 0.1) is 0 Å². The lowest BCUT2D eigenvalue weighted by Crippen LogP contribution is -2.44. The molecule has 1 aliphatic heterocycles. The van der Waals surface area contributed by atoms with Gasteiger partial charge in [-0.15, -0.1) is 0 Å². The van der Waals surface area contributed by atoms with Crippen LogP contribution in [0.25, 0.3) is 0 Å². The van der Waals surface area contributed by atoms with Gasteiger partial charge in [0.15, 0.2) is 0 Å². The van der Waals surface area contributed by atoms with Gasteiger partial charge in [-0.1, -0.05) is 0 Å². The maximum absolute atomic E-state index is 10.4. The summed E-state index contributed by atoms with van der Waals surface area (Å²) in [7, 11) is 0. The fraction of sp³-hybridized carbons (Fsp3) is 0.857. The highest BCUT2D eigenvalue weighted by molar-refractivity contribution is 5.73. The zero-order valence-electron chi connectivity index (χ0n) is 6.32. The summed E-state index contributed by atoms with van der Waals surface area (Å²) in [5.41, 5.74) is 5.37. The van der Waals surface area contributed by atoms with Gasteiger partial charge in [-0.25, -0.2) is 0 Å². The van der Waals surface area contributed by atoms with Crippen molar-refractivity contribution in [1.82, 2.24) is 0 Å². The van der Waals surface area contributed by atoms with E-state index in [1.165, 1.54) is 0 Å². The summed E-state index contributed by atoms with van der Waals surface area (Å²) < 4.78 is 5.20. The van der Waals surface area contributed by atoms with E-state index in [0.29, 0.717) is 6.61 Å². The van der Waals surface area contributed by atoms with E-state index in [0.717, 1.165) is 19.3 Å². The molecular weight excluding hydrogens is 146 g/mol. The van der Waals surface area contributed by atoms with Crippen molar-refractivity contribution in [3.63, 3.8) is 0 Å². The molecule has 0 aromatic rings. The van der Waals surface area contributed by atoms with Gasteiger partial charge in [-0.3, -0.25) is 4.79 Å². The first-order valence-corrected chi connectivity index (χ1v) is 3.82. The Bertz CT molecular complexity index is 143. The maximum atomic E-state index is 10.4. The number of nitrogens with two attached hydrogens (primary N) is 1. The zero-order valence-corrected chi connectivity index (χ0v) is 6.32. The predicted octanol–water partition coefficient (Wildman–Crippen LogP) is -0.0326. The van der Waals surface area contributed by atoms with E-state index in [9.17, 15) is 4.79 Å². The van der Waals surface area contributed by atoms with Crippen LogP contribution in [-0.2, 0) is 9.53 Å². The molecule has 4 nitrogen and oxygen atoms in total. The number of aliphatic carboxylic acids is 1. The van der Waals surface area contributed by atoms with Gasteiger partial charge < -0.3 is 15.6 Å². The first-order valence-electron chi connectivity index (χ1n) is 3.82. The Hall–Kier alpha value is -0.610. The van der Waals surface area contributed by atoms with Crippen molar-refractivity contribution in [2.75, 3.05) is 6.61 Å². The minimum atomic E-state index is -0.975. The highest BCUT2D eigenvalue weighted by atomic mass is 16.5. The number of carboxylic acid groups (broad SMARTS) is 1. The Labute approximate surface area is 65.3 Å². The van der Waals surface area contributed by atoms with E-state index in [2.05, 4.69) is 0 Å². The van der Waals surface area contributed by atoms with Crippen LogP contribution in [0.15, 0.2) is 0 Å². The van der Waals surface area contributed by atoms with Crippen LogP contribution in [0.4, 0.5) is 0 Å². The number of hydrogen-bond acceptors (Lipinski definition) is 3. The summed E-state index contributed by atoms with van der Waals surface area (Å²) in [6.45, 7) is 0.644. The highest BCUT2D eigenvalue weighted by Crippen LogP contribution is 2.14. The van der Waals surface area contributed by atoms with Crippen molar-refractivity contribution < 1.29 is 14.6 Å². The normalized spacial score (nSPS) is 27.9. The molecule has 0 aromatic carbocycles. The number of carboxylic acids is 1. The molecule has 64 valence electrons. The Kier molecular flexibility index (Phi) is 2.84. The minimum absolute atomic E-state index is 0.277. The van der Waals surface area contributed by atoms with Crippen LogP contribution >= 0.6 is 0 Å². The molecule has 0 aromatic heterocycles. The van der Waals surface area contributed by atoms with Crippen molar-refractivity contribution in [2.24, 2.45) is 5.73 Å². The lowest BCUT2D eigenvalue weighted by molar-refractivity contribution is -0.143. The number of hydrogen-bond donors (Lipinski definition) is 2. The van der Waals surface area contributed by atoms with Crippen LogP contribution in [0.2, 0.25) is 0 Å². The number of carbonyl (C=O) groups is 1. The molecule has 0 amide bonds. The van der Waals surface area contributed by atoms with Gasteiger partial charge >= 0.3 is 5.97 Å². The fourth-order valence-electron chi connectivity index (χ4n) is 1.21. The first-order chi connectivity index (χ1) is 5.22. The molecule has 1 rings (SSSR count). The quantitative estimate of drug-likeness (QED) is 0.593. The standard InChI is InChI=1S/C7H13NO3/c8-6(7(9)10)5-3-1-2-4-11-5/h5-6H,1-4,8H2,(H,9,10)/t5-,6-/m0/s1. The lowest BCUT2D eigenvalue weighted by atomic mass is 10.0. The molecule has 4 heteroatoms. The van der Waals surface area contributed by atoms with E-state index in [-0.39, 0.29) is 6.10 Å². The van der Waals surface area contributed by atoms with E-state index in [4.69, 9.17) is 15.6 Å². The Balaban J connectivity index is 2.38. The highest BCUT2D eigenvalue weighted by Gasteiger charge is 2.26. The topological polar surface area (TPSA) is 72.6 Å². The smallest absolute Gasteiger partial charge is 0.323 e. The van der Waals surface area contributed by atoms with Gasteiger partial charge in [0.1, 0.15) is 6.04 Å². The third kappa shape index (κ3) is 2.17. The van der Waals surface area contributed by atoms with Crippen molar-refractivity contribution in [1.29, 1.82) is 0 Å². The van der Waals surface area contributed by atoms with Crippen LogP contribution in [0.3, 0.4) is 0 Å². The van der Waals surface area contributed by atoms with E-state index >= 15 is 0 Å². The molecule has 0 spiro atoms. The van der Waals surface area contributed by atoms with E-state index in [1.54, 1.807) is 0 Å². The average molecular weight is 159 g/mol. The predicted molar refractivity (Wildman–Crippen MR) is 39.2 cm³/mol. The van der Waals surface area contributed by atoms with Crippen molar-refractivity contribution in [2.45, 2.75) is 31.4 Å². The van der Waals surface area contributed by atoms with Gasteiger partial charge in [0.2, 0.25) is 0 Å². The van der Waals surface area contributed by atoms with Crippen molar-refractivity contribution in [3.05, 3.63) is 0 Å². The summed E-state index contributed by atoms with van der Waals surface area (Å²) in [4.78, 5) is 10.4. The van der Waals surface area contributed by atoms with Crippen LogP contribution in [0.5, 0.6) is 0 Å². The lowest BCUT2D eigenvalue weighted by Gasteiger charge is -2.25. The second-order valence-electron chi connectivity index (χ2n) is 2.77. The molecule has 1 fully saturated rings. The summed E-state index contributed by atoms with van der Waals surface area (Å²) in [5, 5.41) is 8.53. The van der Waals surface area contributed by atoms with Gasteiger partial charge in [0, 0.05) is 6.61 Å². The van der Waals surface area contributed by atoms with Crippen molar-refractivity contribution >= 4 is 5.97 Å².